The van der Waals surface area contributed by atoms with Crippen LogP contribution in [0, 0.1) is 5.92 Å². The van der Waals surface area contributed by atoms with Crippen LogP contribution in [0.25, 0.3) is 5.57 Å². The van der Waals surface area contributed by atoms with Crippen molar-refractivity contribution in [3.8, 4) is 5.75 Å². The summed E-state index contributed by atoms with van der Waals surface area (Å²) < 4.78 is 12.1. The van der Waals surface area contributed by atoms with Crippen LogP contribution < -0.4 is 4.74 Å². The molecule has 2 aromatic rings. The topological polar surface area (TPSA) is 21.7 Å². The third kappa shape index (κ3) is 4.85. The van der Waals surface area contributed by atoms with E-state index in [-0.39, 0.29) is 0 Å². The molecule has 0 saturated heterocycles. The molecule has 3 nitrogen and oxygen atoms in total. The summed E-state index contributed by atoms with van der Waals surface area (Å²) in [6, 6.07) is 17.1. The predicted molar refractivity (Wildman–Crippen MR) is 124 cm³/mol. The number of benzene rings is 2. The molecule has 2 aromatic carbocycles. The van der Waals surface area contributed by atoms with Crippen LogP contribution in [0.5, 0.6) is 5.75 Å². The minimum Gasteiger partial charge on any atom is -0.490 e. The van der Waals surface area contributed by atoms with E-state index in [9.17, 15) is 0 Å². The minimum atomic E-state index is -0.412. The van der Waals surface area contributed by atoms with Crippen molar-refractivity contribution in [1.29, 1.82) is 0 Å². The molecule has 0 heterocycles. The first kappa shape index (κ1) is 20.9. The molecule has 2 atom stereocenters. The molecule has 158 valence electrons. The molecule has 2 aliphatic carbocycles. The van der Waals surface area contributed by atoms with Gasteiger partial charge in [0.25, 0.3) is 0 Å². The van der Waals surface area contributed by atoms with E-state index in [4.69, 9.17) is 9.47 Å². The van der Waals surface area contributed by atoms with E-state index in [2.05, 4.69) is 79.7 Å². The highest BCUT2D eigenvalue weighted by Gasteiger charge is 2.29. The number of methoxy groups -OCH3 is 1. The first-order valence-electron chi connectivity index (χ1n) is 11.0. The summed E-state index contributed by atoms with van der Waals surface area (Å²) in [7, 11) is 6.10. The molecule has 0 amide bonds. The van der Waals surface area contributed by atoms with Crippen LogP contribution in [-0.4, -0.2) is 44.9 Å². The molecule has 2 unspecified atom stereocenters. The van der Waals surface area contributed by atoms with Gasteiger partial charge in [0.2, 0.25) is 0 Å². The van der Waals surface area contributed by atoms with Crippen molar-refractivity contribution in [3.63, 3.8) is 0 Å². The predicted octanol–water partition coefficient (Wildman–Crippen LogP) is 5.16. The highest BCUT2D eigenvalue weighted by Crippen LogP contribution is 2.32. The summed E-state index contributed by atoms with van der Waals surface area (Å²) in [5.74, 6) is 1.71. The second-order valence-electron chi connectivity index (χ2n) is 8.92. The SMILES string of the molecule is COC1(COc2ccc3c(c2)CCC(CN(C)C)C3)C=CC(c2ccccc2)=CC1. The Kier molecular flexibility index (Phi) is 6.40. The molecule has 0 saturated carbocycles. The van der Waals surface area contributed by atoms with E-state index < -0.39 is 5.60 Å². The Bertz CT molecular complexity index is 916. The quantitative estimate of drug-likeness (QED) is 0.637. The van der Waals surface area contributed by atoms with E-state index in [0.717, 1.165) is 24.5 Å². The van der Waals surface area contributed by atoms with E-state index in [1.54, 1.807) is 7.11 Å². The second kappa shape index (κ2) is 9.20. The maximum atomic E-state index is 6.22. The molecule has 30 heavy (non-hydrogen) atoms. The summed E-state index contributed by atoms with van der Waals surface area (Å²) in [6.45, 7) is 1.68. The van der Waals surface area contributed by atoms with Gasteiger partial charge in [-0.1, -0.05) is 48.6 Å². The van der Waals surface area contributed by atoms with Gasteiger partial charge in [0.15, 0.2) is 0 Å². The first-order valence-corrected chi connectivity index (χ1v) is 11.0. The molecular weight excluding hydrogens is 370 g/mol. The van der Waals surface area contributed by atoms with Crippen molar-refractivity contribution < 1.29 is 9.47 Å². The lowest BCUT2D eigenvalue weighted by molar-refractivity contribution is -0.00414. The van der Waals surface area contributed by atoms with Crippen LogP contribution in [0.4, 0.5) is 0 Å². The number of hydrogen-bond acceptors (Lipinski definition) is 3. The highest BCUT2D eigenvalue weighted by atomic mass is 16.5. The molecule has 2 aliphatic rings. The van der Waals surface area contributed by atoms with Gasteiger partial charge < -0.3 is 14.4 Å². The number of nitrogens with zero attached hydrogens (tertiary/aromatic N) is 1. The fourth-order valence-corrected chi connectivity index (χ4v) is 4.60. The van der Waals surface area contributed by atoms with Crippen molar-refractivity contribution in [2.24, 2.45) is 5.92 Å². The fourth-order valence-electron chi connectivity index (χ4n) is 4.60. The van der Waals surface area contributed by atoms with Gasteiger partial charge in [-0.15, -0.1) is 0 Å². The van der Waals surface area contributed by atoms with Gasteiger partial charge in [0.1, 0.15) is 18.0 Å². The molecular formula is C27H33NO2. The van der Waals surface area contributed by atoms with Gasteiger partial charge >= 0.3 is 0 Å². The standard InChI is InChI=1S/C27H33NO2/c1-28(2)19-21-9-10-25-18-26(12-11-24(25)17-21)30-20-27(29-3)15-13-23(14-16-27)22-7-5-4-6-8-22/h4-8,11-15,18,21H,9-10,16-17,19-20H2,1-3H3. The highest BCUT2D eigenvalue weighted by molar-refractivity contribution is 5.75. The maximum absolute atomic E-state index is 6.22. The Morgan fingerprint density at radius 2 is 1.90 bits per heavy atom. The number of hydrogen-bond donors (Lipinski definition) is 0. The minimum absolute atomic E-state index is 0.412. The Morgan fingerprint density at radius 3 is 2.60 bits per heavy atom. The van der Waals surface area contributed by atoms with E-state index in [1.165, 1.54) is 41.6 Å². The molecule has 0 aromatic heterocycles. The lowest BCUT2D eigenvalue weighted by atomic mass is 9.83. The molecule has 0 aliphatic heterocycles. The number of allylic oxidation sites excluding steroid dienone is 2. The zero-order chi connectivity index (χ0) is 21.0. The summed E-state index contributed by atoms with van der Waals surface area (Å²) in [5, 5.41) is 0. The van der Waals surface area contributed by atoms with E-state index in [0.29, 0.717) is 6.61 Å². The van der Waals surface area contributed by atoms with Crippen molar-refractivity contribution in [2.45, 2.75) is 31.3 Å². The molecule has 0 N–H and O–H groups in total. The van der Waals surface area contributed by atoms with E-state index >= 15 is 0 Å². The molecule has 0 spiro atoms. The molecule has 0 radical (unpaired) electrons. The Morgan fingerprint density at radius 1 is 1.07 bits per heavy atom. The monoisotopic (exact) mass is 403 g/mol. The largest absolute Gasteiger partial charge is 0.490 e. The normalized spacial score (nSPS) is 23.2. The summed E-state index contributed by atoms with van der Waals surface area (Å²) in [4.78, 5) is 2.30. The zero-order valence-corrected chi connectivity index (χ0v) is 18.4. The molecule has 0 bridgehead atoms. The average molecular weight is 404 g/mol. The van der Waals surface area contributed by atoms with Crippen LogP contribution in [0.3, 0.4) is 0 Å². The van der Waals surface area contributed by atoms with Crippen LogP contribution in [0.1, 0.15) is 29.5 Å². The van der Waals surface area contributed by atoms with Crippen LogP contribution in [-0.2, 0) is 17.6 Å². The van der Waals surface area contributed by atoms with Gasteiger partial charge in [-0.25, -0.2) is 0 Å². The van der Waals surface area contributed by atoms with Crippen LogP contribution in [0.15, 0.2) is 66.8 Å². The lowest BCUT2D eigenvalue weighted by Gasteiger charge is -2.31. The molecule has 3 heteroatoms. The third-order valence-electron chi connectivity index (χ3n) is 6.36. The summed E-state index contributed by atoms with van der Waals surface area (Å²) >= 11 is 0. The lowest BCUT2D eigenvalue weighted by Crippen LogP contribution is -2.36. The number of fused-ring (bicyclic) bond motifs is 1. The number of aryl methyl sites for hydroxylation is 1. The zero-order valence-electron chi connectivity index (χ0n) is 18.4. The Balaban J connectivity index is 1.39. The van der Waals surface area contributed by atoms with Gasteiger partial charge in [-0.05, 0) is 79.7 Å². The van der Waals surface area contributed by atoms with Gasteiger partial charge in [0, 0.05) is 20.1 Å². The average Bonchev–Trinajstić information content (AvgIpc) is 2.78. The fraction of sp³-hybridized carbons (Fsp3) is 0.407. The van der Waals surface area contributed by atoms with Crippen LogP contribution >= 0.6 is 0 Å². The van der Waals surface area contributed by atoms with Crippen molar-refractivity contribution in [3.05, 3.63) is 83.4 Å². The number of rotatable bonds is 7. The summed E-state index contributed by atoms with van der Waals surface area (Å²) in [6.07, 6.45) is 10.9. The molecule has 0 fully saturated rings. The second-order valence-corrected chi connectivity index (χ2v) is 8.92. The van der Waals surface area contributed by atoms with Gasteiger partial charge in [-0.3, -0.25) is 0 Å². The van der Waals surface area contributed by atoms with Crippen molar-refractivity contribution in [1.82, 2.24) is 4.90 Å². The van der Waals surface area contributed by atoms with Crippen LogP contribution in [0.2, 0.25) is 0 Å². The Labute approximate surface area is 181 Å². The molecule has 4 rings (SSSR count). The van der Waals surface area contributed by atoms with Gasteiger partial charge in [0.05, 0.1) is 0 Å². The van der Waals surface area contributed by atoms with Gasteiger partial charge in [-0.2, -0.15) is 0 Å². The smallest absolute Gasteiger partial charge is 0.123 e. The number of ether oxygens (including phenoxy) is 2. The van der Waals surface area contributed by atoms with E-state index in [1.807, 2.05) is 6.07 Å². The Hall–Kier alpha value is -2.36. The van der Waals surface area contributed by atoms with Crippen molar-refractivity contribution >= 4 is 5.57 Å². The summed E-state index contributed by atoms with van der Waals surface area (Å²) in [5.41, 5.74) is 4.99. The first-order chi connectivity index (χ1) is 14.6. The third-order valence-corrected chi connectivity index (χ3v) is 6.36. The van der Waals surface area contributed by atoms with Crippen molar-refractivity contribution in [2.75, 3.05) is 34.4 Å². The maximum Gasteiger partial charge on any atom is 0.123 e.